The first-order valence-corrected chi connectivity index (χ1v) is 5.32. The molecule has 0 saturated heterocycles. The average molecular weight is 210 g/mol. The second-order valence-corrected chi connectivity index (χ2v) is 3.91. The van der Waals surface area contributed by atoms with Gasteiger partial charge in [0.2, 0.25) is 0 Å². The van der Waals surface area contributed by atoms with Crippen LogP contribution >= 0.6 is 0 Å². The number of carbonyl (C=O) groups is 1. The molecule has 1 saturated carbocycles. The Bertz CT molecular complexity index is 260. The monoisotopic (exact) mass is 210 g/mol. The number of carbonyl (C=O) groups excluding carboxylic acids is 1. The fraction of sp³-hybridized carbons (Fsp3) is 0.583. The largest absolute Gasteiger partial charge is 0.466 e. The SMILES string of the molecule is COC(=O)/C=C/C=C/C1(O)CCCCC1. The van der Waals surface area contributed by atoms with Gasteiger partial charge in [-0.15, -0.1) is 0 Å². The van der Waals surface area contributed by atoms with E-state index in [2.05, 4.69) is 4.74 Å². The summed E-state index contributed by atoms with van der Waals surface area (Å²) in [6.45, 7) is 0. The van der Waals surface area contributed by atoms with Crippen LogP contribution in [0.1, 0.15) is 32.1 Å². The van der Waals surface area contributed by atoms with E-state index in [0.717, 1.165) is 25.7 Å². The smallest absolute Gasteiger partial charge is 0.330 e. The molecular weight excluding hydrogens is 192 g/mol. The third-order valence-corrected chi connectivity index (χ3v) is 2.67. The third-order valence-electron chi connectivity index (χ3n) is 2.67. The summed E-state index contributed by atoms with van der Waals surface area (Å²) in [5, 5.41) is 10.1. The highest BCUT2D eigenvalue weighted by Crippen LogP contribution is 2.28. The standard InChI is InChI=1S/C12H18O3/c1-15-11(13)7-3-6-10-12(14)8-4-2-5-9-12/h3,6-7,10,14H,2,4-5,8-9H2,1H3/b7-3+,10-6+. The van der Waals surface area contributed by atoms with E-state index in [0.29, 0.717) is 0 Å². The molecule has 1 aliphatic carbocycles. The van der Waals surface area contributed by atoms with Crippen molar-refractivity contribution in [1.29, 1.82) is 0 Å². The van der Waals surface area contributed by atoms with Gasteiger partial charge in [-0.3, -0.25) is 0 Å². The Kier molecular flexibility index (Phi) is 4.56. The van der Waals surface area contributed by atoms with Crippen LogP contribution in [0.15, 0.2) is 24.3 Å². The maximum Gasteiger partial charge on any atom is 0.330 e. The molecule has 84 valence electrons. The summed E-state index contributed by atoms with van der Waals surface area (Å²) in [6, 6.07) is 0. The van der Waals surface area contributed by atoms with E-state index >= 15 is 0 Å². The zero-order valence-corrected chi connectivity index (χ0v) is 9.11. The van der Waals surface area contributed by atoms with Crippen LogP contribution in [0.5, 0.6) is 0 Å². The molecule has 0 aliphatic heterocycles. The number of rotatable bonds is 3. The van der Waals surface area contributed by atoms with Crippen molar-refractivity contribution in [2.75, 3.05) is 7.11 Å². The fourth-order valence-electron chi connectivity index (χ4n) is 1.77. The van der Waals surface area contributed by atoms with Gasteiger partial charge in [0, 0.05) is 6.08 Å². The number of methoxy groups -OCH3 is 1. The normalized spacial score (nSPS) is 20.9. The van der Waals surface area contributed by atoms with Crippen LogP contribution in [0.25, 0.3) is 0 Å². The van der Waals surface area contributed by atoms with Crippen molar-refractivity contribution in [1.82, 2.24) is 0 Å². The lowest BCUT2D eigenvalue weighted by molar-refractivity contribution is -0.134. The van der Waals surface area contributed by atoms with Gasteiger partial charge in [0.1, 0.15) is 0 Å². The molecule has 0 heterocycles. The Hall–Kier alpha value is -1.09. The molecule has 3 heteroatoms. The maximum atomic E-state index is 10.7. The molecule has 0 spiro atoms. The number of ether oxygens (including phenoxy) is 1. The summed E-state index contributed by atoms with van der Waals surface area (Å²) in [7, 11) is 1.34. The molecule has 1 fully saturated rings. The van der Waals surface area contributed by atoms with Crippen molar-refractivity contribution < 1.29 is 14.6 Å². The molecule has 0 bridgehead atoms. The predicted octanol–water partition coefficient (Wildman–Crippen LogP) is 1.97. The lowest BCUT2D eigenvalue weighted by Crippen LogP contribution is -2.28. The van der Waals surface area contributed by atoms with E-state index in [-0.39, 0.29) is 5.97 Å². The highest BCUT2D eigenvalue weighted by Gasteiger charge is 2.25. The minimum absolute atomic E-state index is 0.379. The van der Waals surface area contributed by atoms with E-state index in [1.54, 1.807) is 18.2 Å². The highest BCUT2D eigenvalue weighted by molar-refractivity contribution is 5.82. The van der Waals surface area contributed by atoms with Gasteiger partial charge in [-0.05, 0) is 12.8 Å². The van der Waals surface area contributed by atoms with Crippen LogP contribution in [0, 0.1) is 0 Å². The first-order chi connectivity index (χ1) is 7.16. The van der Waals surface area contributed by atoms with E-state index in [9.17, 15) is 9.90 Å². The molecule has 15 heavy (non-hydrogen) atoms. The molecule has 1 rings (SSSR count). The van der Waals surface area contributed by atoms with E-state index in [1.165, 1.54) is 19.6 Å². The number of hydrogen-bond acceptors (Lipinski definition) is 3. The molecule has 0 radical (unpaired) electrons. The van der Waals surface area contributed by atoms with Gasteiger partial charge in [-0.2, -0.15) is 0 Å². The van der Waals surface area contributed by atoms with Gasteiger partial charge in [0.15, 0.2) is 0 Å². The molecule has 0 aromatic heterocycles. The minimum atomic E-state index is -0.668. The predicted molar refractivity (Wildman–Crippen MR) is 58.3 cm³/mol. The van der Waals surface area contributed by atoms with E-state index < -0.39 is 5.60 Å². The number of hydrogen-bond donors (Lipinski definition) is 1. The average Bonchev–Trinajstić information content (AvgIpc) is 2.25. The molecule has 0 amide bonds. The van der Waals surface area contributed by atoms with Crippen LogP contribution in [0.3, 0.4) is 0 Å². The molecule has 0 unspecified atom stereocenters. The van der Waals surface area contributed by atoms with Gasteiger partial charge in [0.05, 0.1) is 12.7 Å². The van der Waals surface area contributed by atoms with Gasteiger partial charge < -0.3 is 9.84 Å². The second kappa shape index (κ2) is 5.71. The van der Waals surface area contributed by atoms with Gasteiger partial charge >= 0.3 is 5.97 Å². The van der Waals surface area contributed by atoms with Crippen LogP contribution in [0.4, 0.5) is 0 Å². The lowest BCUT2D eigenvalue weighted by Gasteiger charge is -2.28. The van der Waals surface area contributed by atoms with Crippen molar-refractivity contribution in [3.8, 4) is 0 Å². The number of esters is 1. The van der Waals surface area contributed by atoms with Crippen molar-refractivity contribution in [3.05, 3.63) is 24.3 Å². The van der Waals surface area contributed by atoms with Gasteiger partial charge in [-0.25, -0.2) is 4.79 Å². The second-order valence-electron chi connectivity index (χ2n) is 3.91. The molecule has 0 atom stereocenters. The quantitative estimate of drug-likeness (QED) is 0.440. The lowest BCUT2D eigenvalue weighted by atomic mass is 9.85. The zero-order chi connectivity index (χ0) is 11.1. The number of aliphatic hydroxyl groups is 1. The summed E-state index contributed by atoms with van der Waals surface area (Å²) in [5.74, 6) is -0.379. The van der Waals surface area contributed by atoms with Crippen molar-refractivity contribution in [2.24, 2.45) is 0 Å². The zero-order valence-electron chi connectivity index (χ0n) is 9.11. The van der Waals surface area contributed by atoms with Crippen LogP contribution in [0.2, 0.25) is 0 Å². The van der Waals surface area contributed by atoms with Crippen LogP contribution in [-0.2, 0) is 9.53 Å². The first-order valence-electron chi connectivity index (χ1n) is 5.32. The minimum Gasteiger partial charge on any atom is -0.466 e. The highest BCUT2D eigenvalue weighted by atomic mass is 16.5. The Labute approximate surface area is 90.4 Å². The molecular formula is C12H18O3. The maximum absolute atomic E-state index is 10.7. The van der Waals surface area contributed by atoms with Crippen molar-refractivity contribution in [2.45, 2.75) is 37.7 Å². The summed E-state index contributed by atoms with van der Waals surface area (Å²) >= 11 is 0. The summed E-state index contributed by atoms with van der Waals surface area (Å²) in [4.78, 5) is 10.7. The Morgan fingerprint density at radius 3 is 2.53 bits per heavy atom. The summed E-state index contributed by atoms with van der Waals surface area (Å²) < 4.78 is 4.45. The Morgan fingerprint density at radius 1 is 1.27 bits per heavy atom. The topological polar surface area (TPSA) is 46.5 Å². The first kappa shape index (κ1) is 12.0. The van der Waals surface area contributed by atoms with Crippen molar-refractivity contribution in [3.63, 3.8) is 0 Å². The van der Waals surface area contributed by atoms with Crippen LogP contribution < -0.4 is 0 Å². The summed E-state index contributed by atoms with van der Waals surface area (Å²) in [6.07, 6.45) is 11.4. The fourth-order valence-corrected chi connectivity index (χ4v) is 1.77. The van der Waals surface area contributed by atoms with Crippen LogP contribution in [-0.4, -0.2) is 23.8 Å². The Morgan fingerprint density at radius 2 is 1.93 bits per heavy atom. The molecule has 0 aromatic rings. The van der Waals surface area contributed by atoms with E-state index in [1.807, 2.05) is 0 Å². The molecule has 0 aromatic carbocycles. The summed E-state index contributed by atoms with van der Waals surface area (Å²) in [5.41, 5.74) is -0.668. The molecule has 1 N–H and O–H groups in total. The van der Waals surface area contributed by atoms with E-state index in [4.69, 9.17) is 0 Å². The number of allylic oxidation sites excluding steroid dienone is 2. The third kappa shape index (κ3) is 4.30. The molecule has 3 nitrogen and oxygen atoms in total. The van der Waals surface area contributed by atoms with Gasteiger partial charge in [-0.1, -0.05) is 37.5 Å². The van der Waals surface area contributed by atoms with Crippen molar-refractivity contribution >= 4 is 5.97 Å². The Balaban J connectivity index is 2.42. The molecule has 1 aliphatic rings. The van der Waals surface area contributed by atoms with Gasteiger partial charge in [0.25, 0.3) is 0 Å².